The highest BCUT2D eigenvalue weighted by atomic mass is 35.5. The Morgan fingerprint density at radius 3 is 2.50 bits per heavy atom. The van der Waals surface area contributed by atoms with Crippen molar-refractivity contribution in [3.05, 3.63) is 42.0 Å². The number of nitrogens with one attached hydrogen (secondary N) is 1. The van der Waals surface area contributed by atoms with Crippen LogP contribution in [0.4, 0.5) is 10.1 Å². The fourth-order valence-corrected chi connectivity index (χ4v) is 2.53. The van der Waals surface area contributed by atoms with Crippen LogP contribution in [0.15, 0.2) is 30.6 Å². The van der Waals surface area contributed by atoms with E-state index in [2.05, 4.69) is 10.4 Å². The normalized spacial score (nSPS) is 11.0. The molecule has 2 aromatic rings. The van der Waals surface area contributed by atoms with Gasteiger partial charge < -0.3 is 11.1 Å². The Balaban J connectivity index is 0.00000288. The Bertz CT molecular complexity index is 689. The van der Waals surface area contributed by atoms with Gasteiger partial charge in [0.25, 0.3) is 0 Å². The predicted molar refractivity (Wildman–Crippen MR) is 96.2 cm³/mol. The van der Waals surface area contributed by atoms with Crippen LogP contribution in [-0.4, -0.2) is 22.2 Å². The zero-order valence-corrected chi connectivity index (χ0v) is 15.0. The van der Waals surface area contributed by atoms with E-state index in [1.54, 1.807) is 24.5 Å². The summed E-state index contributed by atoms with van der Waals surface area (Å²) < 4.78 is 15.8. The number of carbonyl (C=O) groups is 1. The molecule has 2 rings (SSSR count). The molecule has 1 aromatic heterocycles. The molecule has 0 radical (unpaired) electrons. The molecule has 3 N–H and O–H groups in total. The fraction of sp³-hybridized carbons (Fsp3) is 0.412. The van der Waals surface area contributed by atoms with Crippen molar-refractivity contribution in [2.24, 2.45) is 11.1 Å². The van der Waals surface area contributed by atoms with E-state index in [-0.39, 0.29) is 24.9 Å². The van der Waals surface area contributed by atoms with Gasteiger partial charge in [0.2, 0.25) is 5.91 Å². The predicted octanol–water partition coefficient (Wildman–Crippen LogP) is 3.45. The number of anilines is 1. The molecule has 0 atom stereocenters. The smallest absolute Gasteiger partial charge is 0.231 e. The molecule has 1 aromatic carbocycles. The van der Waals surface area contributed by atoms with E-state index in [0.717, 1.165) is 5.56 Å². The third-order valence-electron chi connectivity index (χ3n) is 4.39. The molecule has 24 heavy (non-hydrogen) atoms. The molecule has 5 nitrogen and oxygen atoms in total. The minimum atomic E-state index is -0.617. The second-order valence-corrected chi connectivity index (χ2v) is 5.77. The molecule has 0 aliphatic heterocycles. The largest absolute Gasteiger partial charge is 0.329 e. The average molecular weight is 355 g/mol. The minimum Gasteiger partial charge on any atom is -0.329 e. The molecule has 0 bridgehead atoms. The van der Waals surface area contributed by atoms with Crippen molar-refractivity contribution >= 4 is 24.0 Å². The molecule has 0 unspecified atom stereocenters. The Hall–Kier alpha value is -1.92. The number of rotatable bonds is 6. The van der Waals surface area contributed by atoms with Gasteiger partial charge in [-0.05, 0) is 43.5 Å². The molecule has 0 aliphatic carbocycles. The SMILES string of the molecule is CCC(CC)(CN)C(=O)Nc1ccc(-n2cc(C)cn2)c(F)c1.Cl. The van der Waals surface area contributed by atoms with Gasteiger partial charge in [0, 0.05) is 18.4 Å². The lowest BCUT2D eigenvalue weighted by Gasteiger charge is -2.28. The third-order valence-corrected chi connectivity index (χ3v) is 4.39. The van der Waals surface area contributed by atoms with E-state index in [1.165, 1.54) is 10.7 Å². The first-order valence-electron chi connectivity index (χ1n) is 7.78. The third kappa shape index (κ3) is 3.94. The monoisotopic (exact) mass is 354 g/mol. The van der Waals surface area contributed by atoms with Crippen LogP contribution in [0.1, 0.15) is 32.3 Å². The van der Waals surface area contributed by atoms with Crippen molar-refractivity contribution in [3.8, 4) is 5.69 Å². The molecule has 0 fully saturated rings. The number of amides is 1. The van der Waals surface area contributed by atoms with E-state index in [0.29, 0.717) is 24.2 Å². The summed E-state index contributed by atoms with van der Waals surface area (Å²) in [4.78, 5) is 12.5. The maximum absolute atomic E-state index is 14.3. The molecule has 0 saturated carbocycles. The maximum atomic E-state index is 14.3. The van der Waals surface area contributed by atoms with Crippen molar-refractivity contribution in [1.82, 2.24) is 9.78 Å². The van der Waals surface area contributed by atoms with Crippen LogP contribution in [0.5, 0.6) is 0 Å². The summed E-state index contributed by atoms with van der Waals surface area (Å²) in [6.07, 6.45) is 4.68. The topological polar surface area (TPSA) is 72.9 Å². The van der Waals surface area contributed by atoms with Gasteiger partial charge in [0.15, 0.2) is 5.82 Å². The Labute approximate surface area is 147 Å². The Morgan fingerprint density at radius 2 is 2.04 bits per heavy atom. The summed E-state index contributed by atoms with van der Waals surface area (Å²) in [5.74, 6) is -0.621. The first kappa shape index (κ1) is 20.1. The number of benzene rings is 1. The highest BCUT2D eigenvalue weighted by molar-refractivity contribution is 5.95. The quantitative estimate of drug-likeness (QED) is 0.834. The molecular weight excluding hydrogens is 331 g/mol. The molecular formula is C17H24ClFN4O. The van der Waals surface area contributed by atoms with Crippen molar-refractivity contribution in [1.29, 1.82) is 0 Å². The Morgan fingerprint density at radius 1 is 1.38 bits per heavy atom. The molecule has 1 heterocycles. The van der Waals surface area contributed by atoms with Gasteiger partial charge in [-0.1, -0.05) is 13.8 Å². The van der Waals surface area contributed by atoms with Gasteiger partial charge in [-0.2, -0.15) is 5.10 Å². The van der Waals surface area contributed by atoms with Crippen molar-refractivity contribution in [2.75, 3.05) is 11.9 Å². The van der Waals surface area contributed by atoms with Crippen molar-refractivity contribution < 1.29 is 9.18 Å². The Kier molecular flexibility index (Phi) is 6.93. The lowest BCUT2D eigenvalue weighted by Crippen LogP contribution is -2.41. The molecule has 1 amide bonds. The van der Waals surface area contributed by atoms with Gasteiger partial charge in [0.1, 0.15) is 5.69 Å². The van der Waals surface area contributed by atoms with Crippen LogP contribution in [-0.2, 0) is 4.79 Å². The number of hydrogen-bond acceptors (Lipinski definition) is 3. The number of carbonyl (C=O) groups excluding carboxylic acids is 1. The molecule has 0 saturated heterocycles. The molecule has 132 valence electrons. The van der Waals surface area contributed by atoms with Gasteiger partial charge in [-0.15, -0.1) is 12.4 Å². The van der Waals surface area contributed by atoms with Crippen molar-refractivity contribution in [2.45, 2.75) is 33.6 Å². The standard InChI is InChI=1S/C17H23FN4O.ClH/c1-4-17(5-2,11-19)16(23)21-13-6-7-15(14(18)8-13)22-10-12(3)9-20-22;/h6-10H,4-5,11,19H2,1-3H3,(H,21,23);1H. The van der Waals surface area contributed by atoms with Gasteiger partial charge in [-0.3, -0.25) is 4.79 Å². The van der Waals surface area contributed by atoms with Crippen LogP contribution in [0.25, 0.3) is 5.69 Å². The zero-order valence-electron chi connectivity index (χ0n) is 14.2. The van der Waals surface area contributed by atoms with Gasteiger partial charge in [0.05, 0.1) is 11.6 Å². The maximum Gasteiger partial charge on any atom is 0.231 e. The zero-order chi connectivity index (χ0) is 17.0. The van der Waals surface area contributed by atoms with Crippen LogP contribution < -0.4 is 11.1 Å². The fourth-order valence-electron chi connectivity index (χ4n) is 2.53. The second kappa shape index (κ2) is 8.26. The number of hydrogen-bond donors (Lipinski definition) is 2. The summed E-state index contributed by atoms with van der Waals surface area (Å²) >= 11 is 0. The summed E-state index contributed by atoms with van der Waals surface area (Å²) in [6, 6.07) is 4.57. The number of aromatic nitrogens is 2. The summed E-state index contributed by atoms with van der Waals surface area (Å²) in [5, 5.41) is 6.86. The lowest BCUT2D eigenvalue weighted by molar-refractivity contribution is -0.125. The number of nitrogens with two attached hydrogens (primary N) is 1. The second-order valence-electron chi connectivity index (χ2n) is 5.77. The van der Waals surface area contributed by atoms with E-state index in [4.69, 9.17) is 5.73 Å². The molecule has 0 spiro atoms. The highest BCUT2D eigenvalue weighted by Crippen LogP contribution is 2.27. The average Bonchev–Trinajstić information content (AvgIpc) is 2.96. The molecule has 0 aliphatic rings. The number of nitrogens with zero attached hydrogens (tertiary/aromatic N) is 2. The number of aryl methyl sites for hydroxylation is 1. The van der Waals surface area contributed by atoms with Gasteiger partial charge >= 0.3 is 0 Å². The lowest BCUT2D eigenvalue weighted by atomic mass is 9.81. The summed E-state index contributed by atoms with van der Waals surface area (Å²) in [5.41, 5.74) is 6.85. The summed E-state index contributed by atoms with van der Waals surface area (Å²) in [7, 11) is 0. The van der Waals surface area contributed by atoms with Crippen LogP contribution in [0, 0.1) is 18.2 Å². The molecule has 7 heteroatoms. The first-order valence-corrected chi connectivity index (χ1v) is 7.78. The minimum absolute atomic E-state index is 0. The van der Waals surface area contributed by atoms with Crippen LogP contribution >= 0.6 is 12.4 Å². The summed E-state index contributed by atoms with van der Waals surface area (Å²) in [6.45, 7) is 6.01. The number of halogens is 2. The van der Waals surface area contributed by atoms with E-state index in [9.17, 15) is 9.18 Å². The van der Waals surface area contributed by atoms with Crippen molar-refractivity contribution in [3.63, 3.8) is 0 Å². The van der Waals surface area contributed by atoms with E-state index < -0.39 is 11.2 Å². The van der Waals surface area contributed by atoms with Gasteiger partial charge in [-0.25, -0.2) is 9.07 Å². The van der Waals surface area contributed by atoms with Crippen LogP contribution in [0.3, 0.4) is 0 Å². The first-order chi connectivity index (χ1) is 11.0. The van der Waals surface area contributed by atoms with E-state index in [1.807, 2.05) is 20.8 Å². The van der Waals surface area contributed by atoms with E-state index >= 15 is 0 Å². The highest BCUT2D eigenvalue weighted by Gasteiger charge is 2.33. The van der Waals surface area contributed by atoms with Crippen LogP contribution in [0.2, 0.25) is 0 Å².